The second-order valence-corrected chi connectivity index (χ2v) is 8.73. The van der Waals surface area contributed by atoms with Gasteiger partial charge in [-0.1, -0.05) is 0 Å². The maximum Gasteiger partial charge on any atom is 0.409 e. The lowest BCUT2D eigenvalue weighted by Gasteiger charge is -2.34. The van der Waals surface area contributed by atoms with Crippen molar-refractivity contribution >= 4 is 27.7 Å². The molecule has 2 saturated heterocycles. The van der Waals surface area contributed by atoms with Crippen LogP contribution in [0.5, 0.6) is 0 Å². The summed E-state index contributed by atoms with van der Waals surface area (Å²) in [5, 5.41) is 2.69. The summed E-state index contributed by atoms with van der Waals surface area (Å²) >= 11 is 0. The van der Waals surface area contributed by atoms with Gasteiger partial charge in [-0.2, -0.15) is 0 Å². The molecule has 3 rings (SSSR count). The number of carbonyl (C=O) groups excluding carboxylic acids is 2. The third kappa shape index (κ3) is 4.85. The predicted molar refractivity (Wildman–Crippen MR) is 97.4 cm³/mol. The molecule has 0 radical (unpaired) electrons. The van der Waals surface area contributed by atoms with Gasteiger partial charge in [-0.15, -0.1) is 0 Å². The number of amides is 2. The first-order valence-electron chi connectivity index (χ1n) is 8.88. The number of nitrogens with one attached hydrogen (secondary N) is 1. The largest absolute Gasteiger partial charge is 0.450 e. The fraction of sp³-hybridized carbons (Fsp3) is 0.625. The van der Waals surface area contributed by atoms with E-state index >= 15 is 0 Å². The molecule has 0 bridgehead atoms. The second-order valence-electron chi connectivity index (χ2n) is 6.51. The fourth-order valence-electron chi connectivity index (χ4n) is 3.10. The Labute approximate surface area is 157 Å². The number of aromatic nitrogens is 2. The van der Waals surface area contributed by atoms with Crippen molar-refractivity contribution < 1.29 is 22.7 Å². The Morgan fingerprint density at radius 1 is 1.22 bits per heavy atom. The SMILES string of the molecule is CCOC(=O)N1CCN(c2cnc(C(=O)NC3CCS(=O)(=O)C3)cn2)CC1. The summed E-state index contributed by atoms with van der Waals surface area (Å²) in [5.74, 6) is 0.261. The van der Waals surface area contributed by atoms with Crippen LogP contribution in [0.3, 0.4) is 0 Å². The van der Waals surface area contributed by atoms with Gasteiger partial charge in [0.25, 0.3) is 5.91 Å². The van der Waals surface area contributed by atoms with Crippen LogP contribution in [-0.2, 0) is 14.6 Å². The topological polar surface area (TPSA) is 122 Å². The molecule has 11 heteroatoms. The molecule has 1 aromatic heterocycles. The minimum atomic E-state index is -3.05. The van der Waals surface area contributed by atoms with Gasteiger partial charge in [-0.05, 0) is 13.3 Å². The molecule has 0 spiro atoms. The molecule has 27 heavy (non-hydrogen) atoms. The molecule has 0 saturated carbocycles. The zero-order valence-electron chi connectivity index (χ0n) is 15.1. The molecular weight excluding hydrogens is 374 g/mol. The van der Waals surface area contributed by atoms with E-state index in [0.717, 1.165) is 0 Å². The Morgan fingerprint density at radius 3 is 2.52 bits per heavy atom. The van der Waals surface area contributed by atoms with Gasteiger partial charge in [0, 0.05) is 32.2 Å². The first-order chi connectivity index (χ1) is 12.9. The fourth-order valence-corrected chi connectivity index (χ4v) is 4.78. The van der Waals surface area contributed by atoms with Crippen molar-refractivity contribution in [1.29, 1.82) is 0 Å². The first kappa shape index (κ1) is 19.3. The molecule has 1 unspecified atom stereocenters. The lowest BCUT2D eigenvalue weighted by atomic mass is 10.2. The lowest BCUT2D eigenvalue weighted by Crippen LogP contribution is -2.49. The number of piperazine rings is 1. The first-order valence-corrected chi connectivity index (χ1v) is 10.7. The number of anilines is 1. The highest BCUT2D eigenvalue weighted by Gasteiger charge is 2.29. The van der Waals surface area contributed by atoms with Gasteiger partial charge in [0.05, 0.1) is 30.5 Å². The van der Waals surface area contributed by atoms with E-state index in [9.17, 15) is 18.0 Å². The van der Waals surface area contributed by atoms with Gasteiger partial charge in [0.1, 0.15) is 11.5 Å². The highest BCUT2D eigenvalue weighted by atomic mass is 32.2. The molecule has 1 N–H and O–H groups in total. The summed E-state index contributed by atoms with van der Waals surface area (Å²) < 4.78 is 27.9. The normalized spacial score (nSPS) is 21.7. The van der Waals surface area contributed by atoms with Crippen LogP contribution >= 0.6 is 0 Å². The predicted octanol–water partition coefficient (Wildman–Crippen LogP) is -0.328. The monoisotopic (exact) mass is 397 g/mol. The van der Waals surface area contributed by atoms with Gasteiger partial charge in [-0.25, -0.2) is 23.2 Å². The maximum atomic E-state index is 12.2. The van der Waals surface area contributed by atoms with Crippen molar-refractivity contribution in [3.8, 4) is 0 Å². The number of carbonyl (C=O) groups is 2. The van der Waals surface area contributed by atoms with Crippen molar-refractivity contribution in [1.82, 2.24) is 20.2 Å². The van der Waals surface area contributed by atoms with Crippen LogP contribution in [-0.4, -0.2) is 85.6 Å². The molecule has 0 aromatic carbocycles. The number of rotatable bonds is 4. The Hall–Kier alpha value is -2.43. The molecule has 2 aliphatic rings. The van der Waals surface area contributed by atoms with Crippen LogP contribution in [0.15, 0.2) is 12.4 Å². The molecule has 2 aliphatic heterocycles. The number of ether oxygens (including phenoxy) is 1. The summed E-state index contributed by atoms with van der Waals surface area (Å²) in [6.45, 7) is 4.36. The van der Waals surface area contributed by atoms with Gasteiger partial charge in [0.2, 0.25) is 0 Å². The molecular formula is C16H23N5O5S. The number of nitrogens with zero attached hydrogens (tertiary/aromatic N) is 4. The molecule has 2 fully saturated rings. The van der Waals surface area contributed by atoms with E-state index in [4.69, 9.17) is 4.74 Å². The lowest BCUT2D eigenvalue weighted by molar-refractivity contribution is 0.0934. The van der Waals surface area contributed by atoms with E-state index in [1.807, 2.05) is 4.90 Å². The van der Waals surface area contributed by atoms with Crippen LogP contribution in [0.4, 0.5) is 10.6 Å². The summed E-state index contributed by atoms with van der Waals surface area (Å²) in [6.07, 6.45) is 3.00. The molecule has 2 amide bonds. The Bertz CT molecular complexity index is 790. The van der Waals surface area contributed by atoms with Crippen molar-refractivity contribution in [3.63, 3.8) is 0 Å². The van der Waals surface area contributed by atoms with Crippen LogP contribution in [0.2, 0.25) is 0 Å². The van der Waals surface area contributed by atoms with E-state index in [2.05, 4.69) is 15.3 Å². The second kappa shape index (κ2) is 8.07. The van der Waals surface area contributed by atoms with E-state index < -0.39 is 15.7 Å². The van der Waals surface area contributed by atoms with Crippen molar-refractivity contribution in [2.45, 2.75) is 19.4 Å². The van der Waals surface area contributed by atoms with Crippen molar-refractivity contribution in [2.24, 2.45) is 0 Å². The highest BCUT2D eigenvalue weighted by molar-refractivity contribution is 7.91. The van der Waals surface area contributed by atoms with Gasteiger partial charge >= 0.3 is 6.09 Å². The molecule has 148 valence electrons. The highest BCUT2D eigenvalue weighted by Crippen LogP contribution is 2.14. The Kier molecular flexibility index (Phi) is 5.78. The minimum Gasteiger partial charge on any atom is -0.450 e. The van der Waals surface area contributed by atoms with Crippen LogP contribution in [0.1, 0.15) is 23.8 Å². The smallest absolute Gasteiger partial charge is 0.409 e. The third-order valence-electron chi connectivity index (χ3n) is 4.57. The zero-order chi connectivity index (χ0) is 19.4. The summed E-state index contributed by atoms with van der Waals surface area (Å²) in [7, 11) is -3.05. The standard InChI is InChI=1S/C16H23N5O5S/c1-2-26-16(23)21-6-4-20(5-7-21)14-10-17-13(9-18-14)15(22)19-12-3-8-27(24,25)11-12/h9-10,12H,2-8,11H2,1H3,(H,19,22). The average molecular weight is 397 g/mol. The zero-order valence-corrected chi connectivity index (χ0v) is 15.9. The summed E-state index contributed by atoms with van der Waals surface area (Å²) in [4.78, 5) is 36.0. The minimum absolute atomic E-state index is 0.0327. The average Bonchev–Trinajstić information content (AvgIpc) is 3.00. The summed E-state index contributed by atoms with van der Waals surface area (Å²) in [5.41, 5.74) is 0.146. The van der Waals surface area contributed by atoms with E-state index in [-0.39, 0.29) is 29.3 Å². The third-order valence-corrected chi connectivity index (χ3v) is 6.34. The van der Waals surface area contributed by atoms with Crippen molar-refractivity contribution in [3.05, 3.63) is 18.1 Å². The van der Waals surface area contributed by atoms with Gasteiger partial charge in [-0.3, -0.25) is 4.79 Å². The maximum absolute atomic E-state index is 12.2. The van der Waals surface area contributed by atoms with Crippen molar-refractivity contribution in [2.75, 3.05) is 49.2 Å². The molecule has 3 heterocycles. The van der Waals surface area contributed by atoms with Gasteiger partial charge < -0.3 is 19.9 Å². The molecule has 0 aliphatic carbocycles. The van der Waals surface area contributed by atoms with E-state index in [1.54, 1.807) is 11.8 Å². The number of hydrogen-bond acceptors (Lipinski definition) is 8. The molecule has 10 nitrogen and oxygen atoms in total. The Morgan fingerprint density at radius 2 is 1.96 bits per heavy atom. The molecule has 1 atom stereocenters. The summed E-state index contributed by atoms with van der Waals surface area (Å²) in [6, 6.07) is -0.375. The van der Waals surface area contributed by atoms with E-state index in [1.165, 1.54) is 12.4 Å². The van der Waals surface area contributed by atoms with Crippen LogP contribution in [0.25, 0.3) is 0 Å². The van der Waals surface area contributed by atoms with E-state index in [0.29, 0.717) is 45.0 Å². The van der Waals surface area contributed by atoms with Crippen LogP contribution < -0.4 is 10.2 Å². The Balaban J connectivity index is 1.53. The quantitative estimate of drug-likeness (QED) is 0.733. The van der Waals surface area contributed by atoms with Gasteiger partial charge in [0.15, 0.2) is 9.84 Å². The number of sulfone groups is 1. The number of hydrogen-bond donors (Lipinski definition) is 1. The van der Waals surface area contributed by atoms with Crippen LogP contribution in [0, 0.1) is 0 Å². The molecule has 1 aromatic rings.